The van der Waals surface area contributed by atoms with Gasteiger partial charge in [-0.15, -0.1) is 0 Å². The van der Waals surface area contributed by atoms with Crippen LogP contribution in [0.1, 0.15) is 12.5 Å². The molecule has 32 heavy (non-hydrogen) atoms. The number of methoxy groups -OCH3 is 2. The highest BCUT2D eigenvalue weighted by atomic mass is 16.5. The Morgan fingerprint density at radius 3 is 2.47 bits per heavy atom. The van der Waals surface area contributed by atoms with E-state index < -0.39 is 0 Å². The predicted octanol–water partition coefficient (Wildman–Crippen LogP) is 5.09. The fourth-order valence-corrected chi connectivity index (χ4v) is 3.27. The number of benzene rings is 3. The van der Waals surface area contributed by atoms with Gasteiger partial charge in [0.1, 0.15) is 11.3 Å². The summed E-state index contributed by atoms with van der Waals surface area (Å²) in [4.78, 5) is 16.8. The first kappa shape index (κ1) is 21.2. The molecular formula is C25H24N2O5. The van der Waals surface area contributed by atoms with Crippen LogP contribution in [0.3, 0.4) is 0 Å². The van der Waals surface area contributed by atoms with Crippen molar-refractivity contribution in [3.63, 3.8) is 0 Å². The van der Waals surface area contributed by atoms with Crippen molar-refractivity contribution in [1.29, 1.82) is 0 Å². The van der Waals surface area contributed by atoms with Gasteiger partial charge >= 0.3 is 0 Å². The van der Waals surface area contributed by atoms with E-state index in [2.05, 4.69) is 17.2 Å². The van der Waals surface area contributed by atoms with Crippen LogP contribution in [-0.2, 0) is 11.2 Å². The van der Waals surface area contributed by atoms with Gasteiger partial charge in [0, 0.05) is 11.3 Å². The Morgan fingerprint density at radius 2 is 1.75 bits per heavy atom. The molecule has 4 rings (SSSR count). The number of rotatable bonds is 8. The minimum Gasteiger partial charge on any atom is -0.493 e. The Labute approximate surface area is 185 Å². The van der Waals surface area contributed by atoms with E-state index in [0.29, 0.717) is 39.9 Å². The number of amides is 1. The molecular weight excluding hydrogens is 408 g/mol. The summed E-state index contributed by atoms with van der Waals surface area (Å²) in [5.41, 5.74) is 3.82. The molecule has 0 unspecified atom stereocenters. The molecule has 1 amide bonds. The van der Waals surface area contributed by atoms with Crippen molar-refractivity contribution in [2.45, 2.75) is 13.3 Å². The third kappa shape index (κ3) is 4.67. The molecule has 7 nitrogen and oxygen atoms in total. The quantitative estimate of drug-likeness (QED) is 0.418. The average molecular weight is 432 g/mol. The highest BCUT2D eigenvalue weighted by molar-refractivity contribution is 5.94. The number of ether oxygens (including phenoxy) is 3. The maximum Gasteiger partial charge on any atom is 0.262 e. The topological polar surface area (TPSA) is 82.8 Å². The van der Waals surface area contributed by atoms with Gasteiger partial charge in [0.15, 0.2) is 23.7 Å². The summed E-state index contributed by atoms with van der Waals surface area (Å²) < 4.78 is 22.0. The fourth-order valence-electron chi connectivity index (χ4n) is 3.27. The highest BCUT2D eigenvalue weighted by Gasteiger charge is 2.13. The van der Waals surface area contributed by atoms with Crippen molar-refractivity contribution in [1.82, 2.24) is 4.98 Å². The average Bonchev–Trinajstić information content (AvgIpc) is 3.26. The van der Waals surface area contributed by atoms with Gasteiger partial charge in [-0.25, -0.2) is 4.98 Å². The van der Waals surface area contributed by atoms with Gasteiger partial charge in [0.2, 0.25) is 5.89 Å². The van der Waals surface area contributed by atoms with E-state index >= 15 is 0 Å². The van der Waals surface area contributed by atoms with Crippen LogP contribution in [0.5, 0.6) is 17.2 Å². The molecule has 0 spiro atoms. The number of fused-ring (bicyclic) bond motifs is 1. The van der Waals surface area contributed by atoms with Crippen LogP contribution in [0.15, 0.2) is 65.1 Å². The first-order valence-electron chi connectivity index (χ1n) is 10.2. The minimum absolute atomic E-state index is 0.0841. The van der Waals surface area contributed by atoms with E-state index in [-0.39, 0.29) is 12.5 Å². The van der Waals surface area contributed by atoms with Crippen LogP contribution in [0.25, 0.3) is 22.6 Å². The number of hydrogen-bond acceptors (Lipinski definition) is 6. The third-order valence-electron chi connectivity index (χ3n) is 5.00. The summed E-state index contributed by atoms with van der Waals surface area (Å²) in [6.45, 7) is 2.00. The van der Waals surface area contributed by atoms with Crippen LogP contribution in [0, 0.1) is 0 Å². The Hall–Kier alpha value is -4.00. The lowest BCUT2D eigenvalue weighted by Gasteiger charge is -2.08. The molecule has 0 bridgehead atoms. The molecule has 0 aliphatic carbocycles. The van der Waals surface area contributed by atoms with E-state index in [4.69, 9.17) is 18.6 Å². The first-order chi connectivity index (χ1) is 15.6. The van der Waals surface area contributed by atoms with E-state index in [9.17, 15) is 4.79 Å². The highest BCUT2D eigenvalue weighted by Crippen LogP contribution is 2.33. The number of aromatic nitrogens is 1. The number of carbonyl (C=O) groups excluding carboxylic acids is 1. The van der Waals surface area contributed by atoms with E-state index in [0.717, 1.165) is 12.0 Å². The van der Waals surface area contributed by atoms with Crippen LogP contribution in [0.2, 0.25) is 0 Å². The lowest BCUT2D eigenvalue weighted by Crippen LogP contribution is -2.20. The molecule has 0 fully saturated rings. The molecule has 0 saturated heterocycles. The van der Waals surface area contributed by atoms with Crippen molar-refractivity contribution in [2.75, 3.05) is 26.1 Å². The van der Waals surface area contributed by atoms with Crippen molar-refractivity contribution < 1.29 is 23.4 Å². The standard InChI is InChI=1S/C25H24N2O5/c1-4-16-5-9-19(10-6-16)31-15-24(28)26-18-8-12-21-20(14-18)27-25(32-21)17-7-11-22(29-2)23(13-17)30-3/h5-14H,4,15H2,1-3H3,(H,26,28). The summed E-state index contributed by atoms with van der Waals surface area (Å²) >= 11 is 0. The van der Waals surface area contributed by atoms with Crippen molar-refractivity contribution >= 4 is 22.7 Å². The number of carbonyl (C=O) groups is 1. The maximum atomic E-state index is 12.3. The SMILES string of the molecule is CCc1ccc(OCC(=O)Nc2ccc3oc(-c4ccc(OC)c(OC)c4)nc3c2)cc1. The van der Waals surface area contributed by atoms with Crippen LogP contribution >= 0.6 is 0 Å². The maximum absolute atomic E-state index is 12.3. The number of aryl methyl sites for hydroxylation is 1. The molecule has 1 N–H and O–H groups in total. The van der Waals surface area contributed by atoms with Crippen molar-refractivity contribution in [3.05, 3.63) is 66.2 Å². The second-order valence-corrected chi connectivity index (χ2v) is 7.11. The first-order valence-corrected chi connectivity index (χ1v) is 10.2. The predicted molar refractivity (Wildman–Crippen MR) is 122 cm³/mol. The van der Waals surface area contributed by atoms with Gasteiger partial charge in [-0.3, -0.25) is 4.79 Å². The largest absolute Gasteiger partial charge is 0.493 e. The van der Waals surface area contributed by atoms with Crippen LogP contribution in [-0.4, -0.2) is 31.7 Å². The molecule has 4 aromatic rings. The van der Waals surface area contributed by atoms with Gasteiger partial charge in [-0.1, -0.05) is 19.1 Å². The molecule has 1 aromatic heterocycles. The minimum atomic E-state index is -0.257. The third-order valence-corrected chi connectivity index (χ3v) is 5.00. The number of nitrogens with one attached hydrogen (secondary N) is 1. The smallest absolute Gasteiger partial charge is 0.262 e. The number of hydrogen-bond donors (Lipinski definition) is 1. The zero-order valence-electron chi connectivity index (χ0n) is 18.2. The molecule has 1 heterocycles. The number of nitrogens with zero attached hydrogens (tertiary/aromatic N) is 1. The summed E-state index contributed by atoms with van der Waals surface area (Å²) in [7, 11) is 3.16. The zero-order valence-corrected chi connectivity index (χ0v) is 18.2. The molecule has 164 valence electrons. The number of oxazole rings is 1. The van der Waals surface area contributed by atoms with Crippen LogP contribution < -0.4 is 19.5 Å². The summed E-state index contributed by atoms with van der Waals surface area (Å²) in [6, 6.07) is 18.4. The second-order valence-electron chi connectivity index (χ2n) is 7.11. The molecule has 7 heteroatoms. The Balaban J connectivity index is 1.45. The monoisotopic (exact) mass is 432 g/mol. The lowest BCUT2D eigenvalue weighted by molar-refractivity contribution is -0.118. The Kier molecular flexibility index (Phi) is 6.26. The molecule has 0 radical (unpaired) electrons. The molecule has 0 saturated carbocycles. The second kappa shape index (κ2) is 9.43. The summed E-state index contributed by atoms with van der Waals surface area (Å²) in [6.07, 6.45) is 0.957. The van der Waals surface area contributed by atoms with Gasteiger partial charge in [-0.2, -0.15) is 0 Å². The zero-order chi connectivity index (χ0) is 22.5. The van der Waals surface area contributed by atoms with E-state index in [1.165, 1.54) is 5.56 Å². The fraction of sp³-hybridized carbons (Fsp3) is 0.200. The van der Waals surface area contributed by atoms with Crippen LogP contribution in [0.4, 0.5) is 5.69 Å². The van der Waals surface area contributed by atoms with Gasteiger partial charge < -0.3 is 23.9 Å². The number of anilines is 1. The summed E-state index contributed by atoms with van der Waals surface area (Å²) in [5, 5.41) is 2.83. The molecule has 0 aliphatic heterocycles. The Bertz CT molecular complexity index is 1230. The molecule has 3 aromatic carbocycles. The molecule has 0 aliphatic rings. The molecule has 0 atom stereocenters. The van der Waals surface area contributed by atoms with Gasteiger partial charge in [0.05, 0.1) is 14.2 Å². The van der Waals surface area contributed by atoms with E-state index in [1.807, 2.05) is 30.3 Å². The normalized spacial score (nSPS) is 10.7. The van der Waals surface area contributed by atoms with E-state index in [1.54, 1.807) is 44.6 Å². The summed E-state index contributed by atoms with van der Waals surface area (Å²) in [5.74, 6) is 2.06. The Morgan fingerprint density at radius 1 is 0.969 bits per heavy atom. The van der Waals surface area contributed by atoms with Gasteiger partial charge in [0.25, 0.3) is 5.91 Å². The van der Waals surface area contributed by atoms with Crippen molar-refractivity contribution in [3.8, 4) is 28.7 Å². The lowest BCUT2D eigenvalue weighted by atomic mass is 10.2. The van der Waals surface area contributed by atoms with Gasteiger partial charge in [-0.05, 0) is 60.5 Å². The van der Waals surface area contributed by atoms with Crippen molar-refractivity contribution in [2.24, 2.45) is 0 Å².